The van der Waals surface area contributed by atoms with E-state index in [4.69, 9.17) is 0 Å². The first-order chi connectivity index (χ1) is 9.16. The van der Waals surface area contributed by atoms with Gasteiger partial charge in [-0.25, -0.2) is 0 Å². The zero-order valence-electron chi connectivity index (χ0n) is 10.4. The molecule has 0 radical (unpaired) electrons. The summed E-state index contributed by atoms with van der Waals surface area (Å²) in [5.41, 5.74) is 5.52. The number of nitro groups is 1. The molecule has 0 saturated heterocycles. The Balaban J connectivity index is 2.08. The lowest BCUT2D eigenvalue weighted by atomic mass is 10.1. The third kappa shape index (κ3) is 3.38. The van der Waals surface area contributed by atoms with Crippen LogP contribution in [0.3, 0.4) is 0 Å². The molecule has 19 heavy (non-hydrogen) atoms. The maximum absolute atomic E-state index is 10.5. The van der Waals surface area contributed by atoms with Gasteiger partial charge in [-0.3, -0.25) is 15.5 Å². The van der Waals surface area contributed by atoms with Gasteiger partial charge >= 0.3 is 0 Å². The fourth-order valence-corrected chi connectivity index (χ4v) is 1.55. The first-order valence-corrected chi connectivity index (χ1v) is 5.77. The van der Waals surface area contributed by atoms with Gasteiger partial charge in [-0.05, 0) is 24.6 Å². The molecule has 0 aliphatic heterocycles. The van der Waals surface area contributed by atoms with Crippen LogP contribution in [-0.2, 0) is 0 Å². The summed E-state index contributed by atoms with van der Waals surface area (Å²) in [5.74, 6) is 0. The highest BCUT2D eigenvalue weighted by molar-refractivity contribution is 5.99. The third-order valence-corrected chi connectivity index (χ3v) is 2.62. The normalized spacial score (nSPS) is 11.1. The van der Waals surface area contributed by atoms with Gasteiger partial charge in [0.25, 0.3) is 5.69 Å². The number of hydrazone groups is 1. The number of nitrogens with one attached hydrogen (secondary N) is 1. The molecular formula is C14H13N3O2. The van der Waals surface area contributed by atoms with Crippen molar-refractivity contribution in [3.63, 3.8) is 0 Å². The number of nitrogens with zero attached hydrogens (tertiary/aromatic N) is 2. The second-order valence-corrected chi connectivity index (χ2v) is 3.98. The molecule has 0 bridgehead atoms. The molecule has 0 atom stereocenters. The highest BCUT2D eigenvalue weighted by Gasteiger charge is 2.03. The van der Waals surface area contributed by atoms with E-state index in [-0.39, 0.29) is 5.69 Å². The smallest absolute Gasteiger partial charge is 0.269 e. The Labute approximate surface area is 110 Å². The number of rotatable bonds is 4. The van der Waals surface area contributed by atoms with E-state index in [2.05, 4.69) is 10.5 Å². The highest BCUT2D eigenvalue weighted by atomic mass is 16.6. The second-order valence-electron chi connectivity index (χ2n) is 3.98. The zero-order valence-corrected chi connectivity index (χ0v) is 10.4. The molecule has 0 spiro atoms. The van der Waals surface area contributed by atoms with Crippen LogP contribution in [-0.4, -0.2) is 10.6 Å². The molecule has 2 aromatic rings. The molecule has 2 aromatic carbocycles. The number of anilines is 1. The third-order valence-electron chi connectivity index (χ3n) is 2.62. The van der Waals surface area contributed by atoms with E-state index in [0.717, 1.165) is 11.3 Å². The Morgan fingerprint density at radius 1 is 1.11 bits per heavy atom. The van der Waals surface area contributed by atoms with Crippen LogP contribution in [0.1, 0.15) is 12.5 Å². The van der Waals surface area contributed by atoms with Crippen molar-refractivity contribution in [2.75, 3.05) is 5.43 Å². The molecular weight excluding hydrogens is 242 g/mol. The van der Waals surface area contributed by atoms with E-state index < -0.39 is 4.92 Å². The summed E-state index contributed by atoms with van der Waals surface area (Å²) in [6.45, 7) is 1.90. The van der Waals surface area contributed by atoms with Gasteiger partial charge in [0.1, 0.15) is 0 Å². The number of nitro benzene ring substituents is 1. The van der Waals surface area contributed by atoms with Gasteiger partial charge in [0, 0.05) is 12.1 Å². The Hall–Kier alpha value is -2.69. The van der Waals surface area contributed by atoms with Crippen LogP contribution in [0, 0.1) is 10.1 Å². The number of hydrogen-bond donors (Lipinski definition) is 1. The average Bonchev–Trinajstić information content (AvgIpc) is 2.46. The standard InChI is InChI=1S/C14H13N3O2/c1-11(12-5-3-2-4-6-12)15-16-13-7-9-14(10-8-13)17(18)19/h2-10,16H,1H3/b15-11+. The molecule has 5 nitrogen and oxygen atoms in total. The molecule has 1 N–H and O–H groups in total. The van der Waals surface area contributed by atoms with Crippen molar-refractivity contribution in [1.82, 2.24) is 0 Å². The molecule has 0 amide bonds. The number of benzene rings is 2. The maximum atomic E-state index is 10.5. The number of hydrogen-bond acceptors (Lipinski definition) is 4. The van der Waals surface area contributed by atoms with Gasteiger partial charge in [0.2, 0.25) is 0 Å². The van der Waals surface area contributed by atoms with Crippen molar-refractivity contribution >= 4 is 17.1 Å². The van der Waals surface area contributed by atoms with E-state index in [1.54, 1.807) is 12.1 Å². The minimum atomic E-state index is -0.428. The molecule has 2 rings (SSSR count). The molecule has 0 saturated carbocycles. The Bertz CT molecular complexity index is 592. The predicted octanol–water partition coefficient (Wildman–Crippen LogP) is 3.43. The van der Waals surface area contributed by atoms with E-state index in [9.17, 15) is 10.1 Å². The van der Waals surface area contributed by atoms with Crippen LogP contribution in [0.4, 0.5) is 11.4 Å². The molecule has 0 heterocycles. The van der Waals surface area contributed by atoms with Gasteiger partial charge in [-0.2, -0.15) is 5.10 Å². The van der Waals surface area contributed by atoms with Crippen LogP contribution < -0.4 is 5.43 Å². The van der Waals surface area contributed by atoms with Crippen molar-refractivity contribution in [3.05, 3.63) is 70.3 Å². The predicted molar refractivity (Wildman–Crippen MR) is 75.4 cm³/mol. The van der Waals surface area contributed by atoms with Crippen LogP contribution in [0.25, 0.3) is 0 Å². The topological polar surface area (TPSA) is 67.5 Å². The van der Waals surface area contributed by atoms with Crippen LogP contribution in [0.5, 0.6) is 0 Å². The van der Waals surface area contributed by atoms with Gasteiger partial charge in [-0.1, -0.05) is 30.3 Å². The van der Waals surface area contributed by atoms with Gasteiger partial charge < -0.3 is 0 Å². The lowest BCUT2D eigenvalue weighted by molar-refractivity contribution is -0.384. The van der Waals surface area contributed by atoms with Crippen LogP contribution in [0.15, 0.2) is 59.7 Å². The van der Waals surface area contributed by atoms with Crippen molar-refractivity contribution in [1.29, 1.82) is 0 Å². The lowest BCUT2D eigenvalue weighted by Gasteiger charge is -2.03. The van der Waals surface area contributed by atoms with E-state index in [1.807, 2.05) is 37.3 Å². The summed E-state index contributed by atoms with van der Waals surface area (Å²) >= 11 is 0. The van der Waals surface area contributed by atoms with Crippen LogP contribution in [0.2, 0.25) is 0 Å². The zero-order chi connectivity index (χ0) is 13.7. The molecule has 5 heteroatoms. The fourth-order valence-electron chi connectivity index (χ4n) is 1.55. The monoisotopic (exact) mass is 255 g/mol. The quantitative estimate of drug-likeness (QED) is 0.517. The lowest BCUT2D eigenvalue weighted by Crippen LogP contribution is -1.99. The van der Waals surface area contributed by atoms with Gasteiger partial charge in [0.05, 0.1) is 16.3 Å². The van der Waals surface area contributed by atoms with E-state index >= 15 is 0 Å². The molecule has 0 aliphatic rings. The SMILES string of the molecule is C/C(=N\Nc1ccc([N+](=O)[O-])cc1)c1ccccc1. The Kier molecular flexibility index (Phi) is 3.87. The first-order valence-electron chi connectivity index (χ1n) is 5.77. The molecule has 0 aromatic heterocycles. The first kappa shape index (κ1) is 12.8. The van der Waals surface area contributed by atoms with E-state index in [1.165, 1.54) is 12.1 Å². The van der Waals surface area contributed by atoms with Crippen molar-refractivity contribution in [2.24, 2.45) is 5.10 Å². The van der Waals surface area contributed by atoms with Gasteiger partial charge in [0.15, 0.2) is 0 Å². The Morgan fingerprint density at radius 3 is 2.32 bits per heavy atom. The summed E-state index contributed by atoms with van der Waals surface area (Å²) in [7, 11) is 0. The molecule has 96 valence electrons. The fraction of sp³-hybridized carbons (Fsp3) is 0.0714. The van der Waals surface area contributed by atoms with Crippen molar-refractivity contribution < 1.29 is 4.92 Å². The van der Waals surface area contributed by atoms with Crippen LogP contribution >= 0.6 is 0 Å². The molecule has 0 aliphatic carbocycles. The summed E-state index contributed by atoms with van der Waals surface area (Å²) in [6, 6.07) is 15.9. The minimum Gasteiger partial charge on any atom is -0.278 e. The van der Waals surface area contributed by atoms with Gasteiger partial charge in [-0.15, -0.1) is 0 Å². The summed E-state index contributed by atoms with van der Waals surface area (Å²) in [5, 5.41) is 14.8. The minimum absolute atomic E-state index is 0.0642. The van der Waals surface area contributed by atoms with Crippen molar-refractivity contribution in [3.8, 4) is 0 Å². The van der Waals surface area contributed by atoms with E-state index in [0.29, 0.717) is 5.69 Å². The molecule has 0 unspecified atom stereocenters. The highest BCUT2D eigenvalue weighted by Crippen LogP contribution is 2.15. The molecule has 0 fully saturated rings. The van der Waals surface area contributed by atoms with Crippen molar-refractivity contribution in [2.45, 2.75) is 6.92 Å². The summed E-state index contributed by atoms with van der Waals surface area (Å²) in [4.78, 5) is 10.1. The largest absolute Gasteiger partial charge is 0.278 e. The summed E-state index contributed by atoms with van der Waals surface area (Å²) < 4.78 is 0. The average molecular weight is 255 g/mol. The maximum Gasteiger partial charge on any atom is 0.269 e. The number of non-ortho nitro benzene ring substituents is 1. The second kappa shape index (κ2) is 5.77. The summed E-state index contributed by atoms with van der Waals surface area (Å²) in [6.07, 6.45) is 0. The Morgan fingerprint density at radius 2 is 1.74 bits per heavy atom.